The van der Waals surface area contributed by atoms with Gasteiger partial charge in [-0.1, -0.05) is 43.2 Å². The molecule has 0 fully saturated rings. The first-order chi connectivity index (χ1) is 11.2. The molecule has 3 rings (SSSR count). The normalized spacial score (nSPS) is 11.0. The molecule has 2 aromatic heterocycles. The van der Waals surface area contributed by atoms with Gasteiger partial charge >= 0.3 is 0 Å². The highest BCUT2D eigenvalue weighted by atomic mass is 32.1. The maximum Gasteiger partial charge on any atom is 0.234 e. The maximum absolute atomic E-state index is 11.9. The van der Waals surface area contributed by atoms with E-state index < -0.39 is 0 Å². The van der Waals surface area contributed by atoms with Gasteiger partial charge in [0.05, 0.1) is 0 Å². The van der Waals surface area contributed by atoms with Crippen molar-refractivity contribution in [2.45, 2.75) is 39.5 Å². The van der Waals surface area contributed by atoms with Crippen molar-refractivity contribution in [2.24, 2.45) is 0 Å². The Bertz CT molecular complexity index is 823. The molecule has 0 aliphatic heterocycles. The van der Waals surface area contributed by atoms with Crippen molar-refractivity contribution in [1.29, 1.82) is 0 Å². The summed E-state index contributed by atoms with van der Waals surface area (Å²) in [5, 5.41) is 16.4. The average Bonchev–Trinajstić information content (AvgIpc) is 3.10. The van der Waals surface area contributed by atoms with Crippen LogP contribution >= 0.6 is 11.3 Å². The van der Waals surface area contributed by atoms with E-state index in [-0.39, 0.29) is 5.91 Å². The number of hydrogen-bond donors (Lipinski definition) is 1. The molecule has 6 nitrogen and oxygen atoms in total. The lowest BCUT2D eigenvalue weighted by molar-refractivity contribution is -0.116. The number of aryl methyl sites for hydroxylation is 1. The highest BCUT2D eigenvalue weighted by Gasteiger charge is 2.11. The lowest BCUT2D eigenvalue weighted by atomic mass is 10.2. The number of nitrogens with one attached hydrogen (secondary N) is 1. The van der Waals surface area contributed by atoms with Gasteiger partial charge in [0.15, 0.2) is 5.82 Å². The van der Waals surface area contributed by atoms with Crippen molar-refractivity contribution >= 4 is 27.9 Å². The molecule has 23 heavy (non-hydrogen) atoms. The van der Waals surface area contributed by atoms with Crippen molar-refractivity contribution in [2.75, 3.05) is 5.32 Å². The fourth-order valence-corrected chi connectivity index (χ4v) is 3.20. The van der Waals surface area contributed by atoms with Gasteiger partial charge in [0.1, 0.15) is 5.01 Å². The summed E-state index contributed by atoms with van der Waals surface area (Å²) < 4.78 is 1.73. The van der Waals surface area contributed by atoms with Gasteiger partial charge in [0, 0.05) is 17.7 Å². The predicted octanol–water partition coefficient (Wildman–Crippen LogP) is 3.68. The molecule has 0 aliphatic rings. The number of carbonyl (C=O) groups excluding carboxylic acids is 1. The van der Waals surface area contributed by atoms with E-state index in [0.29, 0.717) is 6.42 Å². The number of anilines is 1. The van der Waals surface area contributed by atoms with Crippen LogP contribution in [0.3, 0.4) is 0 Å². The smallest absolute Gasteiger partial charge is 0.234 e. The third-order valence-electron chi connectivity index (χ3n) is 3.55. The summed E-state index contributed by atoms with van der Waals surface area (Å²) in [6, 6.07) is 7.74. The third kappa shape index (κ3) is 3.56. The summed E-state index contributed by atoms with van der Waals surface area (Å²) in [4.78, 5) is 12.7. The molecule has 7 heteroatoms. The van der Waals surface area contributed by atoms with Crippen LogP contribution < -0.4 is 5.32 Å². The van der Waals surface area contributed by atoms with Crippen LogP contribution in [0, 0.1) is 6.92 Å². The Labute approximate surface area is 138 Å². The van der Waals surface area contributed by atoms with E-state index in [9.17, 15) is 4.79 Å². The molecule has 0 radical (unpaired) electrons. The molecule has 3 aromatic rings. The van der Waals surface area contributed by atoms with E-state index in [1.807, 2.05) is 31.2 Å². The number of amides is 1. The SMILES string of the molecule is CCCCCC(=O)Nc1cccc(-c2nn3c(C)nnc3s2)c1. The van der Waals surface area contributed by atoms with E-state index in [4.69, 9.17) is 0 Å². The quantitative estimate of drug-likeness (QED) is 0.700. The Kier molecular flexibility index (Phi) is 4.66. The van der Waals surface area contributed by atoms with E-state index in [0.717, 1.165) is 46.3 Å². The van der Waals surface area contributed by atoms with Crippen LogP contribution in [-0.4, -0.2) is 25.7 Å². The largest absolute Gasteiger partial charge is 0.326 e. The molecule has 0 aliphatic carbocycles. The molecule has 0 saturated heterocycles. The van der Waals surface area contributed by atoms with Crippen molar-refractivity contribution in [1.82, 2.24) is 19.8 Å². The molecular weight excluding hydrogens is 310 g/mol. The molecule has 1 N–H and O–H groups in total. The summed E-state index contributed by atoms with van der Waals surface area (Å²) >= 11 is 1.48. The lowest BCUT2D eigenvalue weighted by Gasteiger charge is -2.06. The summed E-state index contributed by atoms with van der Waals surface area (Å²) in [6.45, 7) is 4.00. The topological polar surface area (TPSA) is 72.2 Å². The summed E-state index contributed by atoms with van der Waals surface area (Å²) in [5.74, 6) is 0.826. The first kappa shape index (κ1) is 15.6. The van der Waals surface area contributed by atoms with Crippen LogP contribution in [0.25, 0.3) is 15.5 Å². The molecule has 0 atom stereocenters. The summed E-state index contributed by atoms with van der Waals surface area (Å²) in [7, 11) is 0. The zero-order valence-electron chi connectivity index (χ0n) is 13.2. The number of aromatic nitrogens is 4. The van der Waals surface area contributed by atoms with Gasteiger partial charge in [-0.05, 0) is 25.5 Å². The van der Waals surface area contributed by atoms with Crippen molar-refractivity contribution in [3.8, 4) is 10.6 Å². The maximum atomic E-state index is 11.9. The van der Waals surface area contributed by atoms with E-state index in [2.05, 4.69) is 27.5 Å². The monoisotopic (exact) mass is 329 g/mol. The van der Waals surface area contributed by atoms with Crippen molar-refractivity contribution in [3.63, 3.8) is 0 Å². The van der Waals surface area contributed by atoms with Crippen LogP contribution in [0.5, 0.6) is 0 Å². The molecule has 0 saturated carbocycles. The van der Waals surface area contributed by atoms with Crippen LogP contribution in [0.15, 0.2) is 24.3 Å². The van der Waals surface area contributed by atoms with Gasteiger partial charge in [0.2, 0.25) is 10.9 Å². The van der Waals surface area contributed by atoms with Gasteiger partial charge in [-0.2, -0.15) is 9.61 Å². The highest BCUT2D eigenvalue weighted by molar-refractivity contribution is 7.19. The molecule has 2 heterocycles. The zero-order valence-corrected chi connectivity index (χ0v) is 14.1. The standard InChI is InChI=1S/C16H19N5OS/c1-3-4-5-9-14(22)17-13-8-6-7-12(10-13)15-20-21-11(2)18-19-16(21)23-15/h6-8,10H,3-5,9H2,1-2H3,(H,17,22). The second kappa shape index (κ2) is 6.87. The van der Waals surface area contributed by atoms with E-state index >= 15 is 0 Å². The average molecular weight is 329 g/mol. The fraction of sp³-hybridized carbons (Fsp3) is 0.375. The number of carbonyl (C=O) groups is 1. The lowest BCUT2D eigenvalue weighted by Crippen LogP contribution is -2.10. The number of rotatable bonds is 6. The van der Waals surface area contributed by atoms with Crippen molar-refractivity contribution < 1.29 is 4.79 Å². The number of nitrogens with zero attached hydrogens (tertiary/aromatic N) is 4. The van der Waals surface area contributed by atoms with Crippen LogP contribution in [0.4, 0.5) is 5.69 Å². The first-order valence-corrected chi connectivity index (χ1v) is 8.58. The van der Waals surface area contributed by atoms with E-state index in [1.165, 1.54) is 11.3 Å². The number of benzene rings is 1. The summed E-state index contributed by atoms with van der Waals surface area (Å²) in [5.41, 5.74) is 1.76. The zero-order chi connectivity index (χ0) is 16.2. The minimum Gasteiger partial charge on any atom is -0.326 e. The Balaban J connectivity index is 1.75. The van der Waals surface area contributed by atoms with Crippen LogP contribution in [0.1, 0.15) is 38.4 Å². The van der Waals surface area contributed by atoms with Gasteiger partial charge < -0.3 is 5.32 Å². The molecule has 1 amide bonds. The molecule has 0 spiro atoms. The Morgan fingerprint density at radius 1 is 1.30 bits per heavy atom. The number of fused-ring (bicyclic) bond motifs is 1. The second-order valence-electron chi connectivity index (χ2n) is 5.43. The molecule has 120 valence electrons. The van der Waals surface area contributed by atoms with E-state index in [1.54, 1.807) is 4.52 Å². The fourth-order valence-electron chi connectivity index (χ4n) is 2.32. The first-order valence-electron chi connectivity index (χ1n) is 7.76. The van der Waals surface area contributed by atoms with Crippen LogP contribution in [0.2, 0.25) is 0 Å². The van der Waals surface area contributed by atoms with Crippen LogP contribution in [-0.2, 0) is 4.79 Å². The predicted molar refractivity (Wildman–Crippen MR) is 91.6 cm³/mol. The molecular formula is C16H19N5OS. The second-order valence-corrected chi connectivity index (χ2v) is 6.39. The van der Waals surface area contributed by atoms with Gasteiger partial charge in [-0.15, -0.1) is 10.2 Å². The Hall–Kier alpha value is -2.28. The molecule has 0 bridgehead atoms. The molecule has 1 aromatic carbocycles. The minimum atomic E-state index is 0.0598. The minimum absolute atomic E-state index is 0.0598. The van der Waals surface area contributed by atoms with Gasteiger partial charge in [-0.25, -0.2) is 0 Å². The third-order valence-corrected chi connectivity index (χ3v) is 4.50. The van der Waals surface area contributed by atoms with Crippen molar-refractivity contribution in [3.05, 3.63) is 30.1 Å². The van der Waals surface area contributed by atoms with Gasteiger partial charge in [0.25, 0.3) is 0 Å². The molecule has 0 unspecified atom stereocenters. The highest BCUT2D eigenvalue weighted by Crippen LogP contribution is 2.27. The van der Waals surface area contributed by atoms with Gasteiger partial charge in [-0.3, -0.25) is 4.79 Å². The number of hydrogen-bond acceptors (Lipinski definition) is 5. The Morgan fingerprint density at radius 3 is 2.96 bits per heavy atom. The Morgan fingerprint density at radius 2 is 2.17 bits per heavy atom. The summed E-state index contributed by atoms with van der Waals surface area (Å²) in [6.07, 6.45) is 3.69. The number of unbranched alkanes of at least 4 members (excludes halogenated alkanes) is 2.